The molecule has 0 bridgehead atoms. The van der Waals surface area contributed by atoms with Crippen molar-refractivity contribution in [2.75, 3.05) is 19.6 Å². The molecule has 2 rings (SSSR count). The molecule has 1 fully saturated rings. The third-order valence-corrected chi connectivity index (χ3v) is 3.13. The van der Waals surface area contributed by atoms with Crippen LogP contribution >= 0.6 is 0 Å². The fourth-order valence-corrected chi connectivity index (χ4v) is 2.07. The van der Waals surface area contributed by atoms with Crippen LogP contribution in [0.4, 0.5) is 0 Å². The van der Waals surface area contributed by atoms with Gasteiger partial charge in [0.1, 0.15) is 0 Å². The summed E-state index contributed by atoms with van der Waals surface area (Å²) in [5, 5.41) is 9.47. The normalized spacial score (nSPS) is 15.8. The molecule has 1 aromatic rings. The van der Waals surface area contributed by atoms with E-state index in [1.165, 1.54) is 0 Å². The molecule has 0 aliphatic carbocycles. The molecule has 0 atom stereocenters. The minimum Gasteiger partial charge on any atom is -0.393 e. The second-order valence-corrected chi connectivity index (χ2v) is 4.45. The predicted octanol–water partition coefficient (Wildman–Crippen LogP) is -0.0113. The Balaban J connectivity index is 2.19. The first-order valence-electron chi connectivity index (χ1n) is 6.32. The molecule has 0 spiro atoms. The highest BCUT2D eigenvalue weighted by Crippen LogP contribution is 2.15. The number of hydrogen-bond donors (Lipinski definition) is 2. The molecule has 0 aromatic carbocycles. The van der Waals surface area contributed by atoms with Crippen LogP contribution in [0, 0.1) is 11.8 Å². The van der Waals surface area contributed by atoms with E-state index in [0.29, 0.717) is 37.1 Å². The summed E-state index contributed by atoms with van der Waals surface area (Å²) < 4.78 is 0. The van der Waals surface area contributed by atoms with Gasteiger partial charge in [-0.1, -0.05) is 11.8 Å². The van der Waals surface area contributed by atoms with Crippen LogP contribution in [0.15, 0.2) is 18.5 Å². The van der Waals surface area contributed by atoms with Gasteiger partial charge in [0.2, 0.25) is 0 Å². The molecule has 100 valence electrons. The van der Waals surface area contributed by atoms with Gasteiger partial charge in [0.05, 0.1) is 23.8 Å². The highest BCUT2D eigenvalue weighted by Gasteiger charge is 2.23. The van der Waals surface area contributed by atoms with Gasteiger partial charge in [0.25, 0.3) is 5.91 Å². The Morgan fingerprint density at radius 3 is 2.95 bits per heavy atom. The maximum absolute atomic E-state index is 12.4. The van der Waals surface area contributed by atoms with Crippen LogP contribution in [0.3, 0.4) is 0 Å². The van der Waals surface area contributed by atoms with Crippen LogP contribution in [0.2, 0.25) is 0 Å². The average molecular weight is 259 g/mol. The quantitative estimate of drug-likeness (QED) is 0.695. The van der Waals surface area contributed by atoms with Gasteiger partial charge in [-0.25, -0.2) is 0 Å². The molecule has 3 N–H and O–H groups in total. The number of aliphatic hydroxyl groups is 1. The number of aromatic nitrogens is 1. The second-order valence-electron chi connectivity index (χ2n) is 4.45. The van der Waals surface area contributed by atoms with Crippen molar-refractivity contribution in [2.24, 2.45) is 5.73 Å². The first-order valence-corrected chi connectivity index (χ1v) is 6.32. The lowest BCUT2D eigenvalue weighted by molar-refractivity contribution is 0.0546. The number of pyridine rings is 1. The zero-order valence-electron chi connectivity index (χ0n) is 10.7. The minimum atomic E-state index is -0.294. The van der Waals surface area contributed by atoms with E-state index in [-0.39, 0.29) is 18.6 Å². The Labute approximate surface area is 112 Å². The first kappa shape index (κ1) is 13.5. The SMILES string of the molecule is NCC#Cc1cnccc1C(=O)N1CCC(O)CC1. The van der Waals surface area contributed by atoms with Gasteiger partial charge in [-0.15, -0.1) is 0 Å². The molecule has 19 heavy (non-hydrogen) atoms. The van der Waals surface area contributed by atoms with Crippen molar-refractivity contribution in [3.63, 3.8) is 0 Å². The minimum absolute atomic E-state index is 0.0596. The highest BCUT2D eigenvalue weighted by atomic mass is 16.3. The Bertz CT molecular complexity index is 511. The summed E-state index contributed by atoms with van der Waals surface area (Å²) in [4.78, 5) is 18.1. The summed E-state index contributed by atoms with van der Waals surface area (Å²) in [5.41, 5.74) is 6.49. The molecule has 2 heterocycles. The zero-order valence-corrected chi connectivity index (χ0v) is 10.7. The van der Waals surface area contributed by atoms with E-state index < -0.39 is 0 Å². The summed E-state index contributed by atoms with van der Waals surface area (Å²) in [5.74, 6) is 5.54. The van der Waals surface area contributed by atoms with Gasteiger partial charge in [-0.2, -0.15) is 0 Å². The Morgan fingerprint density at radius 1 is 1.53 bits per heavy atom. The van der Waals surface area contributed by atoms with Gasteiger partial charge in [0, 0.05) is 25.5 Å². The Kier molecular flexibility index (Phi) is 4.50. The molecule has 5 heteroatoms. The maximum Gasteiger partial charge on any atom is 0.255 e. The lowest BCUT2D eigenvalue weighted by atomic mass is 10.0. The fraction of sp³-hybridized carbons (Fsp3) is 0.429. The second kappa shape index (κ2) is 6.32. The summed E-state index contributed by atoms with van der Waals surface area (Å²) >= 11 is 0. The van der Waals surface area contributed by atoms with Crippen molar-refractivity contribution in [3.8, 4) is 11.8 Å². The van der Waals surface area contributed by atoms with E-state index in [2.05, 4.69) is 16.8 Å². The number of nitrogens with two attached hydrogens (primary N) is 1. The number of rotatable bonds is 1. The maximum atomic E-state index is 12.4. The van der Waals surface area contributed by atoms with Crippen LogP contribution < -0.4 is 5.73 Å². The van der Waals surface area contributed by atoms with Crippen molar-refractivity contribution in [2.45, 2.75) is 18.9 Å². The molecule has 5 nitrogen and oxygen atoms in total. The molecular formula is C14H17N3O2. The van der Waals surface area contributed by atoms with Crippen LogP contribution in [-0.4, -0.2) is 46.6 Å². The predicted molar refractivity (Wildman–Crippen MR) is 71.3 cm³/mol. The number of nitrogens with zero attached hydrogens (tertiary/aromatic N) is 2. The van der Waals surface area contributed by atoms with Crippen molar-refractivity contribution in [3.05, 3.63) is 29.6 Å². The third kappa shape index (κ3) is 3.31. The summed E-state index contributed by atoms with van der Waals surface area (Å²) in [7, 11) is 0. The monoisotopic (exact) mass is 259 g/mol. The average Bonchev–Trinajstić information content (AvgIpc) is 2.45. The Hall–Kier alpha value is -1.90. The number of carbonyl (C=O) groups is 1. The van der Waals surface area contributed by atoms with Gasteiger partial charge < -0.3 is 15.7 Å². The van der Waals surface area contributed by atoms with E-state index in [1.54, 1.807) is 23.4 Å². The van der Waals surface area contributed by atoms with Crippen molar-refractivity contribution < 1.29 is 9.90 Å². The van der Waals surface area contributed by atoms with Gasteiger partial charge >= 0.3 is 0 Å². The molecule has 1 aromatic heterocycles. The third-order valence-electron chi connectivity index (χ3n) is 3.13. The van der Waals surface area contributed by atoms with E-state index in [9.17, 15) is 9.90 Å². The van der Waals surface area contributed by atoms with Gasteiger partial charge in [0.15, 0.2) is 0 Å². The number of hydrogen-bond acceptors (Lipinski definition) is 4. The summed E-state index contributed by atoms with van der Waals surface area (Å²) in [6.07, 6.45) is 4.12. The number of likely N-dealkylation sites (tertiary alicyclic amines) is 1. The number of piperidine rings is 1. The fourth-order valence-electron chi connectivity index (χ4n) is 2.07. The molecule has 1 aliphatic rings. The first-order chi connectivity index (χ1) is 9.22. The van der Waals surface area contributed by atoms with Gasteiger partial charge in [-0.3, -0.25) is 9.78 Å². The van der Waals surface area contributed by atoms with Crippen LogP contribution in [0.5, 0.6) is 0 Å². The highest BCUT2D eigenvalue weighted by molar-refractivity contribution is 5.96. The van der Waals surface area contributed by atoms with Gasteiger partial charge in [-0.05, 0) is 18.9 Å². The number of carbonyl (C=O) groups excluding carboxylic acids is 1. The molecule has 1 amide bonds. The van der Waals surface area contributed by atoms with Crippen LogP contribution in [-0.2, 0) is 0 Å². The molecule has 0 radical (unpaired) electrons. The largest absolute Gasteiger partial charge is 0.393 e. The van der Waals surface area contributed by atoms with Crippen LogP contribution in [0.1, 0.15) is 28.8 Å². The molecule has 1 aliphatic heterocycles. The van der Waals surface area contributed by atoms with E-state index in [4.69, 9.17) is 5.73 Å². The van der Waals surface area contributed by atoms with E-state index in [0.717, 1.165) is 0 Å². The molecular weight excluding hydrogens is 242 g/mol. The molecule has 0 saturated carbocycles. The summed E-state index contributed by atoms with van der Waals surface area (Å²) in [6, 6.07) is 1.67. The lowest BCUT2D eigenvalue weighted by Crippen LogP contribution is -2.40. The number of amides is 1. The topological polar surface area (TPSA) is 79.5 Å². The van der Waals surface area contributed by atoms with Crippen molar-refractivity contribution in [1.82, 2.24) is 9.88 Å². The van der Waals surface area contributed by atoms with E-state index in [1.807, 2.05) is 0 Å². The summed E-state index contributed by atoms with van der Waals surface area (Å²) in [6.45, 7) is 1.40. The van der Waals surface area contributed by atoms with Crippen molar-refractivity contribution in [1.29, 1.82) is 0 Å². The van der Waals surface area contributed by atoms with Crippen molar-refractivity contribution >= 4 is 5.91 Å². The molecule has 0 unspecified atom stereocenters. The standard InChI is InChI=1S/C14H17N3O2/c15-6-1-2-11-10-16-7-3-13(11)14(19)17-8-4-12(18)5-9-17/h3,7,10,12,18H,4-6,8-9,15H2. The molecule has 1 saturated heterocycles. The number of aliphatic hydroxyl groups excluding tert-OH is 1. The zero-order chi connectivity index (χ0) is 13.7. The lowest BCUT2D eigenvalue weighted by Gasteiger charge is -2.29. The van der Waals surface area contributed by atoms with E-state index >= 15 is 0 Å². The Morgan fingerprint density at radius 2 is 2.26 bits per heavy atom. The van der Waals surface area contributed by atoms with Crippen LogP contribution in [0.25, 0.3) is 0 Å². The smallest absolute Gasteiger partial charge is 0.255 e.